The molecule has 1 aliphatic heterocycles. The molecule has 0 bridgehead atoms. The highest BCUT2D eigenvalue weighted by atomic mass is 35.5. The van der Waals surface area contributed by atoms with Crippen LogP contribution in [-0.2, 0) is 4.79 Å². The van der Waals surface area contributed by atoms with Gasteiger partial charge in [-0.2, -0.15) is 0 Å². The third-order valence-corrected chi connectivity index (χ3v) is 4.35. The summed E-state index contributed by atoms with van der Waals surface area (Å²) >= 11 is 5.72. The summed E-state index contributed by atoms with van der Waals surface area (Å²) < 4.78 is 13.2. The summed E-state index contributed by atoms with van der Waals surface area (Å²) in [5.41, 5.74) is 0.557. The van der Waals surface area contributed by atoms with E-state index in [1.165, 1.54) is 30.5 Å². The molecule has 0 aliphatic carbocycles. The number of carbonyl (C=O) groups is 2. The third kappa shape index (κ3) is 4.08. The van der Waals surface area contributed by atoms with Gasteiger partial charge in [-0.15, -0.1) is 0 Å². The average molecular weight is 378 g/mol. The van der Waals surface area contributed by atoms with E-state index in [-0.39, 0.29) is 16.6 Å². The molecule has 0 unspecified atom stereocenters. The van der Waals surface area contributed by atoms with Crippen molar-refractivity contribution in [2.45, 2.75) is 6.92 Å². The maximum absolute atomic E-state index is 13.2. The van der Waals surface area contributed by atoms with Crippen molar-refractivity contribution < 1.29 is 14.0 Å². The highest BCUT2D eigenvalue weighted by Gasteiger charge is 2.21. The fourth-order valence-electron chi connectivity index (χ4n) is 2.62. The predicted octanol–water partition coefficient (Wildman–Crippen LogP) is 2.19. The van der Waals surface area contributed by atoms with Gasteiger partial charge in [-0.05, 0) is 24.3 Å². The zero-order valence-corrected chi connectivity index (χ0v) is 14.8. The standard InChI is InChI=1S/C17H17ClFN5O2/c1-11(25)23-6-8-24(9-7-23)17-20-5-4-15(22-17)16(26)21-12-2-3-14(19)13(18)10-12/h2-5,10H,6-9H2,1H3,(H,21,26). The van der Waals surface area contributed by atoms with E-state index in [4.69, 9.17) is 11.6 Å². The van der Waals surface area contributed by atoms with Gasteiger partial charge in [0.05, 0.1) is 5.02 Å². The first-order valence-electron chi connectivity index (χ1n) is 8.04. The Hall–Kier alpha value is -2.74. The summed E-state index contributed by atoms with van der Waals surface area (Å²) in [5, 5.41) is 2.55. The van der Waals surface area contributed by atoms with Crippen molar-refractivity contribution in [2.75, 3.05) is 36.4 Å². The highest BCUT2D eigenvalue weighted by Crippen LogP contribution is 2.20. The van der Waals surface area contributed by atoms with Gasteiger partial charge in [-0.3, -0.25) is 9.59 Å². The quantitative estimate of drug-likeness (QED) is 0.887. The summed E-state index contributed by atoms with van der Waals surface area (Å²) in [6, 6.07) is 5.42. The van der Waals surface area contributed by atoms with Crippen LogP contribution < -0.4 is 10.2 Å². The van der Waals surface area contributed by atoms with Crippen LogP contribution in [0.3, 0.4) is 0 Å². The Morgan fingerprint density at radius 1 is 1.19 bits per heavy atom. The lowest BCUT2D eigenvalue weighted by Crippen LogP contribution is -2.48. The van der Waals surface area contributed by atoms with Gasteiger partial charge in [-0.1, -0.05) is 11.6 Å². The largest absolute Gasteiger partial charge is 0.339 e. The van der Waals surface area contributed by atoms with Crippen LogP contribution >= 0.6 is 11.6 Å². The van der Waals surface area contributed by atoms with Crippen molar-refractivity contribution >= 4 is 35.1 Å². The third-order valence-electron chi connectivity index (χ3n) is 4.06. The van der Waals surface area contributed by atoms with Crippen LogP contribution in [0.2, 0.25) is 5.02 Å². The molecular weight excluding hydrogens is 361 g/mol. The van der Waals surface area contributed by atoms with Gasteiger partial charge in [0.25, 0.3) is 5.91 Å². The second-order valence-electron chi connectivity index (χ2n) is 5.82. The molecule has 7 nitrogen and oxygen atoms in total. The van der Waals surface area contributed by atoms with Crippen molar-refractivity contribution in [3.8, 4) is 0 Å². The van der Waals surface area contributed by atoms with Crippen LogP contribution in [-0.4, -0.2) is 52.9 Å². The Morgan fingerprint density at radius 2 is 1.92 bits per heavy atom. The summed E-state index contributed by atoms with van der Waals surface area (Å²) in [4.78, 5) is 36.0. The van der Waals surface area contributed by atoms with E-state index >= 15 is 0 Å². The van der Waals surface area contributed by atoms with Crippen LogP contribution in [0.1, 0.15) is 17.4 Å². The second-order valence-corrected chi connectivity index (χ2v) is 6.23. The van der Waals surface area contributed by atoms with Gasteiger partial charge >= 0.3 is 0 Å². The molecule has 1 saturated heterocycles. The predicted molar refractivity (Wildman–Crippen MR) is 95.9 cm³/mol. The Balaban J connectivity index is 1.69. The average Bonchev–Trinajstić information content (AvgIpc) is 2.65. The van der Waals surface area contributed by atoms with Gasteiger partial charge in [0.2, 0.25) is 11.9 Å². The number of anilines is 2. The van der Waals surface area contributed by atoms with E-state index in [1.807, 2.05) is 4.90 Å². The summed E-state index contributed by atoms with van der Waals surface area (Å²) in [7, 11) is 0. The SMILES string of the molecule is CC(=O)N1CCN(c2nccc(C(=O)Nc3ccc(F)c(Cl)c3)n2)CC1. The molecular formula is C17H17ClFN5O2. The number of hydrogen-bond acceptors (Lipinski definition) is 5. The van der Waals surface area contributed by atoms with Gasteiger partial charge in [0, 0.05) is 45.0 Å². The van der Waals surface area contributed by atoms with Crippen LogP contribution in [0.4, 0.5) is 16.0 Å². The lowest BCUT2D eigenvalue weighted by molar-refractivity contribution is -0.129. The fraction of sp³-hybridized carbons (Fsp3) is 0.294. The smallest absolute Gasteiger partial charge is 0.274 e. The summed E-state index contributed by atoms with van der Waals surface area (Å²) in [6.07, 6.45) is 1.51. The topological polar surface area (TPSA) is 78.4 Å². The molecule has 1 aromatic carbocycles. The van der Waals surface area contributed by atoms with E-state index in [1.54, 1.807) is 11.8 Å². The van der Waals surface area contributed by atoms with E-state index in [2.05, 4.69) is 15.3 Å². The molecule has 3 rings (SSSR count). The number of nitrogens with one attached hydrogen (secondary N) is 1. The van der Waals surface area contributed by atoms with Crippen LogP contribution in [0.25, 0.3) is 0 Å². The summed E-state index contributed by atoms with van der Waals surface area (Å²) in [6.45, 7) is 3.90. The Kier molecular flexibility index (Phi) is 5.32. The molecule has 2 amide bonds. The van der Waals surface area contributed by atoms with E-state index < -0.39 is 11.7 Å². The molecule has 0 saturated carbocycles. The zero-order valence-electron chi connectivity index (χ0n) is 14.1. The van der Waals surface area contributed by atoms with Crippen molar-refractivity contribution in [3.63, 3.8) is 0 Å². The minimum Gasteiger partial charge on any atom is -0.339 e. The fourth-order valence-corrected chi connectivity index (χ4v) is 2.80. The molecule has 136 valence electrons. The highest BCUT2D eigenvalue weighted by molar-refractivity contribution is 6.31. The van der Waals surface area contributed by atoms with Crippen molar-refractivity contribution in [1.82, 2.24) is 14.9 Å². The first-order chi connectivity index (χ1) is 12.4. The van der Waals surface area contributed by atoms with Gasteiger partial charge in [0.1, 0.15) is 11.5 Å². The maximum atomic E-state index is 13.2. The molecule has 9 heteroatoms. The van der Waals surface area contributed by atoms with Crippen LogP contribution in [0.15, 0.2) is 30.5 Å². The normalized spacial score (nSPS) is 14.3. The maximum Gasteiger partial charge on any atom is 0.274 e. The van der Waals surface area contributed by atoms with Gasteiger partial charge in [-0.25, -0.2) is 14.4 Å². The number of hydrogen-bond donors (Lipinski definition) is 1. The van der Waals surface area contributed by atoms with E-state index in [0.29, 0.717) is 37.8 Å². The van der Waals surface area contributed by atoms with Crippen LogP contribution in [0, 0.1) is 5.82 Å². The molecule has 2 aromatic rings. The zero-order chi connectivity index (χ0) is 18.7. The molecule has 1 aromatic heterocycles. The van der Waals surface area contributed by atoms with Crippen molar-refractivity contribution in [2.24, 2.45) is 0 Å². The number of aromatic nitrogens is 2. The monoisotopic (exact) mass is 377 g/mol. The second kappa shape index (κ2) is 7.65. The molecule has 2 heterocycles. The first-order valence-corrected chi connectivity index (χ1v) is 8.42. The van der Waals surface area contributed by atoms with Gasteiger partial charge < -0.3 is 15.1 Å². The number of piperazine rings is 1. The molecule has 1 aliphatic rings. The van der Waals surface area contributed by atoms with Crippen molar-refractivity contribution in [3.05, 3.63) is 47.0 Å². The lowest BCUT2D eigenvalue weighted by atomic mass is 10.3. The molecule has 1 N–H and O–H groups in total. The van der Waals surface area contributed by atoms with Crippen LogP contribution in [0.5, 0.6) is 0 Å². The van der Waals surface area contributed by atoms with E-state index in [0.717, 1.165) is 0 Å². The number of benzene rings is 1. The van der Waals surface area contributed by atoms with E-state index in [9.17, 15) is 14.0 Å². The first kappa shape index (κ1) is 18.1. The van der Waals surface area contributed by atoms with Gasteiger partial charge in [0.15, 0.2) is 0 Å². The Bertz CT molecular complexity index is 840. The lowest BCUT2D eigenvalue weighted by Gasteiger charge is -2.34. The number of halogens is 2. The molecule has 0 spiro atoms. The number of rotatable bonds is 3. The number of carbonyl (C=O) groups excluding carboxylic acids is 2. The molecule has 0 radical (unpaired) electrons. The molecule has 0 atom stereocenters. The number of nitrogens with zero attached hydrogens (tertiary/aromatic N) is 4. The minimum atomic E-state index is -0.557. The molecule has 1 fully saturated rings. The molecule has 26 heavy (non-hydrogen) atoms. The van der Waals surface area contributed by atoms with Crippen molar-refractivity contribution in [1.29, 1.82) is 0 Å². The minimum absolute atomic E-state index is 0.0386. The Morgan fingerprint density at radius 3 is 2.58 bits per heavy atom. The summed E-state index contributed by atoms with van der Waals surface area (Å²) in [5.74, 6) is -0.535. The Labute approximate surface area is 154 Å². The number of amides is 2.